The van der Waals surface area contributed by atoms with Crippen molar-refractivity contribution >= 4 is 23.7 Å². The number of rotatable bonds is 4. The van der Waals surface area contributed by atoms with Crippen LogP contribution in [0.15, 0.2) is 35.3 Å². The fraction of sp³-hybridized carbons (Fsp3) is 0.333. The Morgan fingerprint density at radius 2 is 1.86 bits per heavy atom. The van der Waals surface area contributed by atoms with Gasteiger partial charge < -0.3 is 24.8 Å². The molecule has 0 aliphatic carbocycles. The topological polar surface area (TPSA) is 122 Å². The summed E-state index contributed by atoms with van der Waals surface area (Å²) in [7, 11) is 0. The summed E-state index contributed by atoms with van der Waals surface area (Å²) in [6, 6.07) is 3.22. The molecule has 3 heterocycles. The van der Waals surface area contributed by atoms with Crippen LogP contribution in [0, 0.1) is 17.5 Å². The van der Waals surface area contributed by atoms with E-state index in [9.17, 15) is 23.2 Å². The van der Waals surface area contributed by atoms with Crippen molar-refractivity contribution in [2.75, 3.05) is 18.0 Å². The van der Waals surface area contributed by atoms with Crippen molar-refractivity contribution in [3.63, 3.8) is 0 Å². The van der Waals surface area contributed by atoms with Gasteiger partial charge in [0.15, 0.2) is 11.6 Å². The number of benzene rings is 1. The molecule has 13 heteroatoms. The molecule has 10 nitrogen and oxygen atoms in total. The summed E-state index contributed by atoms with van der Waals surface area (Å²) >= 11 is 0. The molecule has 1 atom stereocenters. The Morgan fingerprint density at radius 3 is 2.51 bits per heavy atom. The molecule has 0 radical (unpaired) electrons. The molecular weight excluding hydrogens is 497 g/mol. The lowest BCUT2D eigenvalue weighted by atomic mass is 10.1. The van der Waals surface area contributed by atoms with Crippen molar-refractivity contribution < 1.29 is 37.3 Å². The summed E-state index contributed by atoms with van der Waals surface area (Å²) in [4.78, 5) is 41.8. The number of ether oxygens (including phenoxy) is 2. The lowest BCUT2D eigenvalue weighted by Gasteiger charge is -2.22. The standard InChI is InChI=1S/C24H23F3N4O6/c1-24(2,3)37-22(33)28-13-6-7-30(10-13)20-17(27)11-31-19(29-20)15(9-18(21(31)32)36-23(34)35)14-5-4-12(25)8-16(14)26/h4-5,8-9,11,13H,6-7,10H2,1-3H3,(H,28,33)(H,34,35). The maximum atomic E-state index is 15.2. The van der Waals surface area contributed by atoms with Crippen LogP contribution in [0.5, 0.6) is 5.75 Å². The van der Waals surface area contributed by atoms with E-state index < -0.39 is 46.6 Å². The fourth-order valence-corrected chi connectivity index (χ4v) is 4.00. The zero-order chi connectivity index (χ0) is 27.1. The predicted octanol–water partition coefficient (Wildman–Crippen LogP) is 3.94. The zero-order valence-corrected chi connectivity index (χ0v) is 20.0. The second-order valence-corrected chi connectivity index (χ2v) is 9.40. The van der Waals surface area contributed by atoms with Crippen molar-refractivity contribution in [1.29, 1.82) is 0 Å². The van der Waals surface area contributed by atoms with Gasteiger partial charge in [0, 0.05) is 30.3 Å². The van der Waals surface area contributed by atoms with Gasteiger partial charge in [-0.25, -0.2) is 27.7 Å². The molecule has 1 aromatic carbocycles. The quantitative estimate of drug-likeness (QED) is 0.496. The summed E-state index contributed by atoms with van der Waals surface area (Å²) in [6.07, 6.45) is -1.21. The van der Waals surface area contributed by atoms with Crippen LogP contribution in [-0.2, 0) is 4.74 Å². The Morgan fingerprint density at radius 1 is 1.14 bits per heavy atom. The van der Waals surface area contributed by atoms with Gasteiger partial charge in [-0.2, -0.15) is 0 Å². The molecule has 2 aromatic heterocycles. The Balaban J connectivity index is 1.77. The number of halogens is 3. The van der Waals surface area contributed by atoms with Crippen LogP contribution in [0.2, 0.25) is 0 Å². The second kappa shape index (κ2) is 9.64. The summed E-state index contributed by atoms with van der Waals surface area (Å²) in [5.74, 6) is -3.70. The fourth-order valence-electron chi connectivity index (χ4n) is 4.00. The maximum absolute atomic E-state index is 15.2. The Bertz CT molecular complexity index is 1450. The van der Waals surface area contributed by atoms with E-state index in [2.05, 4.69) is 15.0 Å². The molecule has 1 aliphatic rings. The molecule has 1 unspecified atom stereocenters. The van der Waals surface area contributed by atoms with E-state index in [1.165, 1.54) is 4.90 Å². The predicted molar refractivity (Wildman–Crippen MR) is 125 cm³/mol. The normalized spacial score (nSPS) is 15.6. The number of fused-ring (bicyclic) bond motifs is 1. The number of nitrogens with one attached hydrogen (secondary N) is 1. The van der Waals surface area contributed by atoms with Gasteiger partial charge in [0.2, 0.25) is 5.75 Å². The molecule has 1 aliphatic heterocycles. The average molecular weight is 520 g/mol. The molecule has 1 fully saturated rings. The number of amides is 1. The van der Waals surface area contributed by atoms with Crippen LogP contribution in [0.4, 0.5) is 28.6 Å². The molecule has 3 aromatic rings. The molecule has 1 amide bonds. The minimum atomic E-state index is -1.81. The van der Waals surface area contributed by atoms with Gasteiger partial charge in [0.25, 0.3) is 5.56 Å². The number of hydrogen-bond donors (Lipinski definition) is 2. The van der Waals surface area contributed by atoms with Crippen molar-refractivity contribution in [3.05, 3.63) is 58.3 Å². The van der Waals surface area contributed by atoms with Gasteiger partial charge >= 0.3 is 12.2 Å². The van der Waals surface area contributed by atoms with Crippen LogP contribution < -0.4 is 20.5 Å². The van der Waals surface area contributed by atoms with E-state index in [1.54, 1.807) is 20.8 Å². The molecule has 196 valence electrons. The van der Waals surface area contributed by atoms with Gasteiger partial charge in [-0.05, 0) is 45.4 Å². The van der Waals surface area contributed by atoms with Crippen LogP contribution >= 0.6 is 0 Å². The Kier molecular flexibility index (Phi) is 6.72. The molecule has 1 saturated heterocycles. The van der Waals surface area contributed by atoms with E-state index in [0.29, 0.717) is 23.4 Å². The van der Waals surface area contributed by atoms with Crippen molar-refractivity contribution in [2.24, 2.45) is 0 Å². The third-order valence-electron chi connectivity index (χ3n) is 5.47. The highest BCUT2D eigenvalue weighted by atomic mass is 19.1. The summed E-state index contributed by atoms with van der Waals surface area (Å²) in [5.41, 5.74) is -2.31. The van der Waals surface area contributed by atoms with Gasteiger partial charge in [-0.1, -0.05) is 0 Å². The average Bonchev–Trinajstić information content (AvgIpc) is 3.22. The van der Waals surface area contributed by atoms with E-state index in [-0.39, 0.29) is 35.2 Å². The summed E-state index contributed by atoms with van der Waals surface area (Å²) in [6.45, 7) is 5.63. The molecule has 0 bridgehead atoms. The van der Waals surface area contributed by atoms with Gasteiger partial charge in [-0.3, -0.25) is 9.20 Å². The van der Waals surface area contributed by atoms with Gasteiger partial charge in [0.1, 0.15) is 22.9 Å². The summed E-state index contributed by atoms with van der Waals surface area (Å²) < 4.78 is 53.8. The maximum Gasteiger partial charge on any atom is 0.511 e. The third kappa shape index (κ3) is 5.60. The molecule has 37 heavy (non-hydrogen) atoms. The first kappa shape index (κ1) is 25.8. The van der Waals surface area contributed by atoms with E-state index in [0.717, 1.165) is 24.4 Å². The smallest absolute Gasteiger partial charge is 0.449 e. The molecule has 2 N–H and O–H groups in total. The van der Waals surface area contributed by atoms with Crippen LogP contribution in [-0.4, -0.2) is 51.5 Å². The minimum absolute atomic E-state index is 0.128. The van der Waals surface area contributed by atoms with Crippen molar-refractivity contribution in [3.8, 4) is 16.9 Å². The number of pyridine rings is 1. The van der Waals surface area contributed by atoms with E-state index in [1.807, 2.05) is 0 Å². The van der Waals surface area contributed by atoms with Crippen molar-refractivity contribution in [1.82, 2.24) is 14.7 Å². The number of anilines is 1. The number of aromatic nitrogens is 2. The molecule has 0 spiro atoms. The highest BCUT2D eigenvalue weighted by Crippen LogP contribution is 2.31. The highest BCUT2D eigenvalue weighted by molar-refractivity contribution is 5.80. The summed E-state index contributed by atoms with van der Waals surface area (Å²) in [5, 5.41) is 11.7. The van der Waals surface area contributed by atoms with Crippen LogP contribution in [0.3, 0.4) is 0 Å². The van der Waals surface area contributed by atoms with E-state index >= 15 is 4.39 Å². The number of alkyl carbamates (subject to hydrolysis) is 1. The first-order valence-corrected chi connectivity index (χ1v) is 11.2. The Labute approximate surface area is 208 Å². The largest absolute Gasteiger partial charge is 0.511 e. The molecule has 4 rings (SSSR count). The monoisotopic (exact) mass is 520 g/mol. The first-order valence-electron chi connectivity index (χ1n) is 11.2. The minimum Gasteiger partial charge on any atom is -0.449 e. The van der Waals surface area contributed by atoms with Crippen LogP contribution in [0.1, 0.15) is 27.2 Å². The number of nitrogens with zero attached hydrogens (tertiary/aromatic N) is 3. The van der Waals surface area contributed by atoms with Gasteiger partial charge in [0.05, 0.1) is 12.2 Å². The number of carbonyl (C=O) groups is 2. The highest BCUT2D eigenvalue weighted by Gasteiger charge is 2.29. The SMILES string of the molecule is CC(C)(C)OC(=O)NC1CCN(c2nc3c(-c4ccc(F)cc4F)cc(OC(=O)O)c(=O)n3cc2F)C1. The lowest BCUT2D eigenvalue weighted by Crippen LogP contribution is -2.40. The number of hydrogen-bond acceptors (Lipinski definition) is 7. The number of carboxylic acid groups (broad SMARTS) is 1. The van der Waals surface area contributed by atoms with Crippen LogP contribution in [0.25, 0.3) is 16.8 Å². The second-order valence-electron chi connectivity index (χ2n) is 9.40. The molecule has 0 saturated carbocycles. The van der Waals surface area contributed by atoms with Gasteiger partial charge in [-0.15, -0.1) is 0 Å². The lowest BCUT2D eigenvalue weighted by molar-refractivity contribution is 0.0509. The zero-order valence-electron chi connectivity index (χ0n) is 20.0. The van der Waals surface area contributed by atoms with Crippen molar-refractivity contribution in [2.45, 2.75) is 38.8 Å². The third-order valence-corrected chi connectivity index (χ3v) is 5.47. The Hall–Kier alpha value is -4.29. The van der Waals surface area contributed by atoms with E-state index in [4.69, 9.17) is 9.84 Å². The first-order chi connectivity index (χ1) is 17.3. The molecular formula is C24H23F3N4O6. The number of carbonyl (C=O) groups excluding carboxylic acids is 1.